The molecular weight excluding hydrogens is 344 g/mol. The number of hydrogen-bond donors (Lipinski definition) is 2. The fourth-order valence-electron chi connectivity index (χ4n) is 2.82. The minimum absolute atomic E-state index is 0.257. The van der Waals surface area contributed by atoms with Crippen molar-refractivity contribution in [3.05, 3.63) is 41.8 Å². The Bertz CT molecular complexity index is 713. The Labute approximate surface area is 136 Å². The first-order chi connectivity index (χ1) is 10.6. The van der Waals surface area contributed by atoms with Crippen LogP contribution in [0.4, 0.5) is 0 Å². The van der Waals surface area contributed by atoms with Crippen molar-refractivity contribution in [1.82, 2.24) is 0 Å². The van der Waals surface area contributed by atoms with Gasteiger partial charge in [-0.2, -0.15) is 16.8 Å². The smallest absolute Gasteiger partial charge is 0.265 e. The van der Waals surface area contributed by atoms with Crippen molar-refractivity contribution in [2.75, 3.05) is 11.5 Å². The van der Waals surface area contributed by atoms with Crippen molar-refractivity contribution < 1.29 is 30.7 Å². The first kappa shape index (κ1) is 18.3. The highest BCUT2D eigenvalue weighted by Gasteiger charge is 2.41. The van der Waals surface area contributed by atoms with Gasteiger partial charge in [-0.05, 0) is 18.4 Å². The molecule has 1 saturated carbocycles. The van der Waals surface area contributed by atoms with Crippen LogP contribution in [-0.2, 0) is 31.6 Å². The lowest BCUT2D eigenvalue weighted by Crippen LogP contribution is -2.31. The molecule has 0 aromatic heterocycles. The van der Waals surface area contributed by atoms with Gasteiger partial charge in [-0.25, -0.2) is 0 Å². The van der Waals surface area contributed by atoms with E-state index in [4.69, 9.17) is 13.8 Å². The Morgan fingerprint density at radius 2 is 1.70 bits per heavy atom. The van der Waals surface area contributed by atoms with Crippen molar-refractivity contribution >= 4 is 20.2 Å². The fraction of sp³-hybridized carbons (Fsp3) is 0.500. The summed E-state index contributed by atoms with van der Waals surface area (Å²) in [6.07, 6.45) is 0.256. The highest BCUT2D eigenvalue weighted by molar-refractivity contribution is 7.86. The first-order valence-electron chi connectivity index (χ1n) is 7.04. The summed E-state index contributed by atoms with van der Waals surface area (Å²) in [7, 11) is -8.54. The van der Waals surface area contributed by atoms with E-state index in [-0.39, 0.29) is 6.61 Å². The number of benzene rings is 1. The van der Waals surface area contributed by atoms with Gasteiger partial charge < -0.3 is 4.74 Å². The molecule has 1 aromatic rings. The topological polar surface area (TPSA) is 118 Å². The molecule has 23 heavy (non-hydrogen) atoms. The summed E-state index contributed by atoms with van der Waals surface area (Å²) in [6.45, 7) is 0.257. The largest absolute Gasteiger partial charge is 0.373 e. The van der Waals surface area contributed by atoms with E-state index in [2.05, 4.69) is 0 Å². The molecule has 1 fully saturated rings. The lowest BCUT2D eigenvalue weighted by Gasteiger charge is -2.23. The number of ether oxygens (including phenoxy) is 1. The normalized spacial score (nSPS) is 23.2. The van der Waals surface area contributed by atoms with Gasteiger partial charge in [-0.1, -0.05) is 30.3 Å². The number of rotatable bonds is 7. The van der Waals surface area contributed by atoms with Crippen molar-refractivity contribution in [3.8, 4) is 0 Å². The van der Waals surface area contributed by atoms with Gasteiger partial charge in [-0.15, -0.1) is 0 Å². The fourth-order valence-corrected chi connectivity index (χ4v) is 4.55. The van der Waals surface area contributed by atoms with E-state index in [0.717, 1.165) is 5.56 Å². The Kier molecular flexibility index (Phi) is 5.79. The van der Waals surface area contributed by atoms with Gasteiger partial charge in [0.25, 0.3) is 20.2 Å². The minimum Gasteiger partial charge on any atom is -0.373 e. The summed E-state index contributed by atoms with van der Waals surface area (Å²) in [6, 6.07) is 9.26. The molecule has 1 aromatic carbocycles. The van der Waals surface area contributed by atoms with Crippen molar-refractivity contribution in [1.29, 1.82) is 0 Å². The molecule has 2 unspecified atom stereocenters. The second-order valence-electron chi connectivity index (χ2n) is 5.61. The zero-order chi connectivity index (χ0) is 17.1. The zero-order valence-electron chi connectivity index (χ0n) is 12.3. The predicted octanol–water partition coefficient (Wildman–Crippen LogP) is 1.33. The molecule has 1 radical (unpaired) electrons. The van der Waals surface area contributed by atoms with E-state index in [1.54, 1.807) is 0 Å². The van der Waals surface area contributed by atoms with Gasteiger partial charge >= 0.3 is 0 Å². The average molecular weight is 363 g/mol. The van der Waals surface area contributed by atoms with Crippen LogP contribution in [0.1, 0.15) is 18.4 Å². The van der Waals surface area contributed by atoms with Gasteiger partial charge in [0, 0.05) is 11.8 Å². The van der Waals surface area contributed by atoms with Crippen LogP contribution in [0.2, 0.25) is 0 Å². The quantitative estimate of drug-likeness (QED) is 0.702. The highest BCUT2D eigenvalue weighted by Crippen LogP contribution is 2.38. The molecule has 0 bridgehead atoms. The zero-order valence-corrected chi connectivity index (χ0v) is 14.0. The first-order valence-corrected chi connectivity index (χ1v) is 10.3. The molecule has 0 aliphatic heterocycles. The maximum atomic E-state index is 11.2. The third kappa shape index (κ3) is 6.19. The van der Waals surface area contributed by atoms with Crippen LogP contribution < -0.4 is 0 Å². The summed E-state index contributed by atoms with van der Waals surface area (Å²) >= 11 is 0. The number of hydrogen-bond acceptors (Lipinski definition) is 5. The van der Waals surface area contributed by atoms with Crippen molar-refractivity contribution in [2.24, 2.45) is 5.92 Å². The Hall–Kier alpha value is -1.00. The molecule has 9 heteroatoms. The third-order valence-electron chi connectivity index (χ3n) is 3.79. The van der Waals surface area contributed by atoms with Gasteiger partial charge in [0.1, 0.15) is 0 Å². The SMILES string of the molecule is O=S(=O)(O)C[C]1CCC(OCc2ccccc2)C1CS(=O)(=O)O. The van der Waals surface area contributed by atoms with E-state index in [1.807, 2.05) is 30.3 Å². The van der Waals surface area contributed by atoms with Crippen LogP contribution in [0.5, 0.6) is 0 Å². The third-order valence-corrected chi connectivity index (χ3v) is 5.30. The van der Waals surface area contributed by atoms with Gasteiger partial charge in [0.15, 0.2) is 0 Å². The van der Waals surface area contributed by atoms with E-state index in [1.165, 1.54) is 0 Å². The van der Waals surface area contributed by atoms with E-state index >= 15 is 0 Å². The predicted molar refractivity (Wildman–Crippen MR) is 83.8 cm³/mol. The average Bonchev–Trinajstić information content (AvgIpc) is 2.76. The lowest BCUT2D eigenvalue weighted by molar-refractivity contribution is 0.0233. The van der Waals surface area contributed by atoms with Gasteiger partial charge in [0.05, 0.1) is 24.2 Å². The monoisotopic (exact) mass is 363 g/mol. The molecule has 0 spiro atoms. The van der Waals surface area contributed by atoms with Gasteiger partial charge in [0.2, 0.25) is 0 Å². The second-order valence-corrected chi connectivity index (χ2v) is 8.56. The highest BCUT2D eigenvalue weighted by atomic mass is 32.2. The summed E-state index contributed by atoms with van der Waals surface area (Å²) < 4.78 is 68.3. The molecule has 7 nitrogen and oxygen atoms in total. The molecule has 2 atom stereocenters. The van der Waals surface area contributed by atoms with Gasteiger partial charge in [-0.3, -0.25) is 9.11 Å². The Morgan fingerprint density at radius 1 is 1.04 bits per heavy atom. The Balaban J connectivity index is 2.07. The maximum Gasteiger partial charge on any atom is 0.265 e. The van der Waals surface area contributed by atoms with Crippen molar-refractivity contribution in [3.63, 3.8) is 0 Å². The summed E-state index contributed by atoms with van der Waals surface area (Å²) in [5, 5.41) is 0. The van der Waals surface area contributed by atoms with E-state index in [9.17, 15) is 16.8 Å². The van der Waals surface area contributed by atoms with E-state index in [0.29, 0.717) is 18.8 Å². The van der Waals surface area contributed by atoms with Crippen LogP contribution in [0.25, 0.3) is 0 Å². The van der Waals surface area contributed by atoms with Crippen molar-refractivity contribution in [2.45, 2.75) is 25.6 Å². The van der Waals surface area contributed by atoms with Crippen LogP contribution in [0.3, 0.4) is 0 Å². The van der Waals surface area contributed by atoms with Crippen LogP contribution in [-0.4, -0.2) is 43.6 Å². The minimum atomic E-state index is -4.29. The molecule has 129 valence electrons. The van der Waals surface area contributed by atoms with Crippen LogP contribution in [0, 0.1) is 11.8 Å². The summed E-state index contributed by atoms with van der Waals surface area (Å²) in [4.78, 5) is 0. The molecule has 1 aliphatic carbocycles. The molecule has 2 N–H and O–H groups in total. The standard InChI is InChI=1S/C14H19O7S2/c15-22(16,17)9-12-6-7-14(13(12)10-23(18,19)20)21-8-11-4-2-1-3-5-11/h1-5,13-14H,6-10H2,(H,15,16,17)(H,18,19,20). The molecule has 0 saturated heterocycles. The van der Waals surface area contributed by atoms with E-state index < -0.39 is 43.8 Å². The molecular formula is C14H19O7S2. The molecule has 0 heterocycles. The molecule has 1 aliphatic rings. The molecule has 2 rings (SSSR count). The second kappa shape index (κ2) is 7.27. The lowest BCUT2D eigenvalue weighted by atomic mass is 9.98. The van der Waals surface area contributed by atoms with Crippen LogP contribution in [0.15, 0.2) is 30.3 Å². The molecule has 0 amide bonds. The summed E-state index contributed by atoms with van der Waals surface area (Å²) in [5.41, 5.74) is 0.904. The van der Waals surface area contributed by atoms with Crippen LogP contribution >= 0.6 is 0 Å². The maximum absolute atomic E-state index is 11.2. The Morgan fingerprint density at radius 3 is 2.26 bits per heavy atom. The summed E-state index contributed by atoms with van der Waals surface area (Å²) in [5.74, 6) is -1.62.